The van der Waals surface area contributed by atoms with Crippen LogP contribution in [-0.2, 0) is 14.8 Å². The fourth-order valence-electron chi connectivity index (χ4n) is 2.28. The Balaban J connectivity index is 1.65. The second-order valence-corrected chi connectivity index (χ2v) is 9.48. The SMILES string of the molecule is CN(C)S(=O)(=O)c1ccccc1NC(=O)CSc1nnc(-c2ccc(Cl)cc2)o1. The zero-order valence-corrected chi connectivity index (χ0v) is 17.9. The van der Waals surface area contributed by atoms with Gasteiger partial charge in [0.25, 0.3) is 5.22 Å². The van der Waals surface area contributed by atoms with E-state index >= 15 is 0 Å². The van der Waals surface area contributed by atoms with Gasteiger partial charge >= 0.3 is 0 Å². The van der Waals surface area contributed by atoms with Gasteiger partial charge < -0.3 is 9.73 Å². The van der Waals surface area contributed by atoms with Crippen LogP contribution in [0.25, 0.3) is 11.5 Å². The molecular weight excluding hydrogens is 436 g/mol. The number of sulfonamides is 1. The molecule has 8 nitrogen and oxygen atoms in total. The lowest BCUT2D eigenvalue weighted by Gasteiger charge is -2.15. The smallest absolute Gasteiger partial charge is 0.277 e. The number of carbonyl (C=O) groups excluding carboxylic acids is 1. The van der Waals surface area contributed by atoms with Gasteiger partial charge in [-0.05, 0) is 36.4 Å². The lowest BCUT2D eigenvalue weighted by atomic mass is 10.2. The van der Waals surface area contributed by atoms with Gasteiger partial charge in [0, 0.05) is 24.7 Å². The predicted octanol–water partition coefficient (Wildman–Crippen LogP) is 3.37. The van der Waals surface area contributed by atoms with Crippen LogP contribution in [0.15, 0.2) is 63.1 Å². The average Bonchev–Trinajstić information content (AvgIpc) is 3.16. The molecule has 2 aromatic carbocycles. The van der Waals surface area contributed by atoms with Crippen molar-refractivity contribution in [3.8, 4) is 11.5 Å². The molecule has 0 fully saturated rings. The van der Waals surface area contributed by atoms with Crippen LogP contribution in [0.2, 0.25) is 5.02 Å². The van der Waals surface area contributed by atoms with Gasteiger partial charge in [0.2, 0.25) is 21.8 Å². The van der Waals surface area contributed by atoms with Crippen molar-refractivity contribution in [2.24, 2.45) is 0 Å². The van der Waals surface area contributed by atoms with E-state index < -0.39 is 15.9 Å². The monoisotopic (exact) mass is 452 g/mol. The minimum absolute atomic E-state index is 0.0196. The zero-order chi connectivity index (χ0) is 21.0. The molecular formula is C18H17ClN4O4S2. The Kier molecular flexibility index (Phi) is 6.58. The second-order valence-electron chi connectivity index (χ2n) is 6.00. The van der Waals surface area contributed by atoms with Crippen LogP contribution in [0, 0.1) is 0 Å². The molecule has 0 aliphatic rings. The van der Waals surface area contributed by atoms with Gasteiger partial charge in [-0.2, -0.15) is 0 Å². The molecule has 1 heterocycles. The number of thioether (sulfide) groups is 1. The van der Waals surface area contributed by atoms with Gasteiger partial charge in [0.1, 0.15) is 4.90 Å². The first kappa shape index (κ1) is 21.3. The number of halogens is 1. The molecule has 0 atom stereocenters. The number of carbonyl (C=O) groups is 1. The van der Waals surface area contributed by atoms with E-state index in [9.17, 15) is 13.2 Å². The van der Waals surface area contributed by atoms with Gasteiger partial charge in [-0.3, -0.25) is 4.79 Å². The summed E-state index contributed by atoms with van der Waals surface area (Å²) in [6.07, 6.45) is 0. The highest BCUT2D eigenvalue weighted by molar-refractivity contribution is 7.99. The largest absolute Gasteiger partial charge is 0.411 e. The Labute approximate surface area is 177 Å². The molecule has 1 N–H and O–H groups in total. The van der Waals surface area contributed by atoms with E-state index in [4.69, 9.17) is 16.0 Å². The van der Waals surface area contributed by atoms with Gasteiger partial charge in [-0.15, -0.1) is 10.2 Å². The molecule has 3 rings (SSSR count). The molecule has 0 unspecified atom stereocenters. The summed E-state index contributed by atoms with van der Waals surface area (Å²) in [5, 5.41) is 11.3. The minimum Gasteiger partial charge on any atom is -0.411 e. The number of amides is 1. The predicted molar refractivity (Wildman–Crippen MR) is 111 cm³/mol. The maximum absolute atomic E-state index is 12.4. The normalized spacial score (nSPS) is 11.6. The molecule has 0 aliphatic heterocycles. The van der Waals surface area contributed by atoms with Crippen molar-refractivity contribution in [2.45, 2.75) is 10.1 Å². The second kappa shape index (κ2) is 8.95. The van der Waals surface area contributed by atoms with Crippen LogP contribution < -0.4 is 5.32 Å². The molecule has 3 aromatic rings. The summed E-state index contributed by atoms with van der Waals surface area (Å²) in [5.41, 5.74) is 0.917. The summed E-state index contributed by atoms with van der Waals surface area (Å²) in [6.45, 7) is 0. The third-order valence-electron chi connectivity index (χ3n) is 3.74. The number of rotatable bonds is 7. The lowest BCUT2D eigenvalue weighted by Crippen LogP contribution is -2.24. The third-order valence-corrected chi connectivity index (χ3v) is 6.69. The third kappa shape index (κ3) is 5.15. The quantitative estimate of drug-likeness (QED) is 0.548. The van der Waals surface area contributed by atoms with Crippen LogP contribution in [0.3, 0.4) is 0 Å². The van der Waals surface area contributed by atoms with Crippen LogP contribution in [0.1, 0.15) is 0 Å². The fourth-order valence-corrected chi connectivity index (χ4v) is 4.01. The summed E-state index contributed by atoms with van der Waals surface area (Å²) in [6, 6.07) is 13.1. The zero-order valence-electron chi connectivity index (χ0n) is 15.5. The summed E-state index contributed by atoms with van der Waals surface area (Å²) in [7, 11) is -0.833. The Morgan fingerprint density at radius 1 is 1.14 bits per heavy atom. The van der Waals surface area contributed by atoms with Gasteiger partial charge in [0.05, 0.1) is 11.4 Å². The number of nitrogens with zero attached hydrogens (tertiary/aromatic N) is 3. The summed E-state index contributed by atoms with van der Waals surface area (Å²) in [5.74, 6) is -0.117. The van der Waals surface area contributed by atoms with Crippen molar-refractivity contribution in [3.05, 3.63) is 53.6 Å². The van der Waals surface area contributed by atoms with Gasteiger partial charge in [-0.1, -0.05) is 35.5 Å². The van der Waals surface area contributed by atoms with E-state index in [2.05, 4.69) is 15.5 Å². The highest BCUT2D eigenvalue weighted by Crippen LogP contribution is 2.26. The maximum atomic E-state index is 12.4. The van der Waals surface area contributed by atoms with Crippen LogP contribution in [0.4, 0.5) is 5.69 Å². The van der Waals surface area contributed by atoms with E-state index in [0.717, 1.165) is 16.1 Å². The Morgan fingerprint density at radius 3 is 2.52 bits per heavy atom. The Hall–Kier alpha value is -2.40. The molecule has 0 spiro atoms. The van der Waals surface area contributed by atoms with E-state index in [-0.39, 0.29) is 21.6 Å². The van der Waals surface area contributed by atoms with Crippen LogP contribution in [0.5, 0.6) is 0 Å². The molecule has 1 amide bonds. The summed E-state index contributed by atoms with van der Waals surface area (Å²) in [4.78, 5) is 12.3. The van der Waals surface area contributed by atoms with Crippen LogP contribution in [-0.4, -0.2) is 48.7 Å². The lowest BCUT2D eigenvalue weighted by molar-refractivity contribution is -0.113. The molecule has 0 saturated heterocycles. The standard InChI is InChI=1S/C18H17ClN4O4S2/c1-23(2)29(25,26)15-6-4-3-5-14(15)20-16(24)11-28-18-22-21-17(27-18)12-7-9-13(19)10-8-12/h3-10H,11H2,1-2H3,(H,20,24). The molecule has 0 aliphatic carbocycles. The first-order chi connectivity index (χ1) is 13.8. The molecule has 0 saturated carbocycles. The maximum Gasteiger partial charge on any atom is 0.277 e. The average molecular weight is 453 g/mol. The fraction of sp³-hybridized carbons (Fsp3) is 0.167. The number of benzene rings is 2. The molecule has 0 radical (unpaired) electrons. The number of para-hydroxylation sites is 1. The number of nitrogens with one attached hydrogen (secondary N) is 1. The number of aromatic nitrogens is 2. The Morgan fingerprint density at radius 2 is 1.83 bits per heavy atom. The highest BCUT2D eigenvalue weighted by atomic mass is 35.5. The number of anilines is 1. The van der Waals surface area contributed by atoms with E-state index in [0.29, 0.717) is 16.5 Å². The number of hydrogen-bond donors (Lipinski definition) is 1. The van der Waals surface area contributed by atoms with Gasteiger partial charge in [0.15, 0.2) is 0 Å². The minimum atomic E-state index is -3.69. The highest BCUT2D eigenvalue weighted by Gasteiger charge is 2.22. The topological polar surface area (TPSA) is 105 Å². The molecule has 0 bridgehead atoms. The summed E-state index contributed by atoms with van der Waals surface area (Å²) < 4.78 is 31.4. The number of hydrogen-bond acceptors (Lipinski definition) is 7. The van der Waals surface area contributed by atoms with Crippen molar-refractivity contribution in [2.75, 3.05) is 25.2 Å². The van der Waals surface area contributed by atoms with E-state index in [1.165, 1.54) is 26.2 Å². The van der Waals surface area contributed by atoms with Crippen molar-refractivity contribution >= 4 is 45.0 Å². The first-order valence-electron chi connectivity index (χ1n) is 8.31. The van der Waals surface area contributed by atoms with Crippen molar-refractivity contribution < 1.29 is 17.6 Å². The first-order valence-corrected chi connectivity index (χ1v) is 11.1. The molecule has 152 valence electrons. The van der Waals surface area contributed by atoms with Crippen molar-refractivity contribution in [1.29, 1.82) is 0 Å². The van der Waals surface area contributed by atoms with E-state index in [1.807, 2.05) is 0 Å². The summed E-state index contributed by atoms with van der Waals surface area (Å²) >= 11 is 6.90. The van der Waals surface area contributed by atoms with Crippen molar-refractivity contribution in [1.82, 2.24) is 14.5 Å². The molecule has 1 aromatic heterocycles. The van der Waals surface area contributed by atoms with Gasteiger partial charge in [-0.25, -0.2) is 12.7 Å². The Bertz CT molecular complexity index is 1110. The van der Waals surface area contributed by atoms with Crippen LogP contribution >= 0.6 is 23.4 Å². The van der Waals surface area contributed by atoms with E-state index in [1.54, 1.807) is 36.4 Å². The molecule has 29 heavy (non-hydrogen) atoms. The van der Waals surface area contributed by atoms with Crippen molar-refractivity contribution in [3.63, 3.8) is 0 Å². The molecule has 11 heteroatoms.